The zero-order valence-corrected chi connectivity index (χ0v) is 16.1. The Morgan fingerprint density at radius 3 is 2.52 bits per heavy atom. The molecule has 1 atom stereocenters. The first-order valence-corrected chi connectivity index (χ1v) is 9.97. The van der Waals surface area contributed by atoms with Crippen LogP contribution >= 0.6 is 0 Å². The van der Waals surface area contributed by atoms with Gasteiger partial charge in [-0.1, -0.05) is 24.3 Å². The quantitative estimate of drug-likeness (QED) is 0.840. The second-order valence-electron chi connectivity index (χ2n) is 7.57. The summed E-state index contributed by atoms with van der Waals surface area (Å²) in [5.41, 5.74) is 3.26. The van der Waals surface area contributed by atoms with Gasteiger partial charge >= 0.3 is 0 Å². The number of carbonyl (C=O) groups excluding carboxylic acids is 1. The van der Waals surface area contributed by atoms with Crippen molar-refractivity contribution in [2.75, 3.05) is 44.2 Å². The van der Waals surface area contributed by atoms with Gasteiger partial charge in [-0.3, -0.25) is 14.7 Å². The number of nitrogens with zero attached hydrogens (tertiary/aromatic N) is 4. The minimum absolute atomic E-state index is 0.0684. The summed E-state index contributed by atoms with van der Waals surface area (Å²) in [6, 6.07) is 14.6. The first-order chi connectivity index (χ1) is 13.2. The molecule has 5 heteroatoms. The number of aryl methyl sites for hydroxylation is 1. The number of hydrogen-bond donors (Lipinski definition) is 0. The maximum absolute atomic E-state index is 12.7. The zero-order chi connectivity index (χ0) is 18.6. The lowest BCUT2D eigenvalue weighted by atomic mass is 10.0. The number of rotatable bonds is 3. The van der Waals surface area contributed by atoms with Crippen molar-refractivity contribution < 1.29 is 4.79 Å². The van der Waals surface area contributed by atoms with Crippen LogP contribution in [0, 0.1) is 6.92 Å². The lowest BCUT2D eigenvalue weighted by Crippen LogP contribution is -2.56. The lowest BCUT2D eigenvalue weighted by Gasteiger charge is -2.44. The van der Waals surface area contributed by atoms with E-state index in [1.807, 2.05) is 23.1 Å². The number of anilines is 1. The largest absolute Gasteiger partial charge is 0.369 e. The molecule has 1 aromatic heterocycles. The Morgan fingerprint density at radius 2 is 1.78 bits per heavy atom. The summed E-state index contributed by atoms with van der Waals surface area (Å²) in [6.07, 6.45) is 3.94. The molecule has 2 aliphatic rings. The molecule has 1 amide bonds. The molecule has 142 valence electrons. The number of aromatic nitrogens is 1. The number of likely N-dealkylation sites (tertiary alicyclic amines) is 1. The Labute approximate surface area is 161 Å². The van der Waals surface area contributed by atoms with Crippen LogP contribution in [0.4, 0.5) is 5.69 Å². The molecule has 0 saturated carbocycles. The van der Waals surface area contributed by atoms with E-state index in [0.29, 0.717) is 11.7 Å². The molecule has 0 unspecified atom stereocenters. The van der Waals surface area contributed by atoms with Crippen molar-refractivity contribution in [3.8, 4) is 0 Å². The summed E-state index contributed by atoms with van der Waals surface area (Å²) >= 11 is 0. The molecule has 5 nitrogen and oxygen atoms in total. The molecule has 3 heterocycles. The fraction of sp³-hybridized carbons (Fsp3) is 0.455. The van der Waals surface area contributed by atoms with Crippen molar-refractivity contribution in [3.63, 3.8) is 0 Å². The van der Waals surface area contributed by atoms with Crippen LogP contribution in [0.5, 0.6) is 0 Å². The van der Waals surface area contributed by atoms with E-state index >= 15 is 0 Å². The predicted molar refractivity (Wildman–Crippen MR) is 108 cm³/mol. The van der Waals surface area contributed by atoms with Crippen LogP contribution in [0.1, 0.15) is 28.9 Å². The van der Waals surface area contributed by atoms with Gasteiger partial charge in [-0.05, 0) is 43.5 Å². The third-order valence-electron chi connectivity index (χ3n) is 5.85. The van der Waals surface area contributed by atoms with E-state index in [9.17, 15) is 4.79 Å². The number of piperidine rings is 1. The van der Waals surface area contributed by atoms with Crippen LogP contribution < -0.4 is 4.90 Å². The van der Waals surface area contributed by atoms with E-state index in [0.717, 1.165) is 45.7 Å². The molecule has 4 rings (SSSR count). The number of piperazine rings is 1. The van der Waals surface area contributed by atoms with Gasteiger partial charge in [0.15, 0.2) is 0 Å². The van der Waals surface area contributed by atoms with Crippen molar-refractivity contribution in [1.82, 2.24) is 14.8 Å². The van der Waals surface area contributed by atoms with Crippen LogP contribution in [0.2, 0.25) is 0 Å². The highest BCUT2D eigenvalue weighted by molar-refractivity contribution is 5.92. The summed E-state index contributed by atoms with van der Waals surface area (Å²) in [5.74, 6) is 0.0684. The van der Waals surface area contributed by atoms with Gasteiger partial charge in [-0.2, -0.15) is 0 Å². The lowest BCUT2D eigenvalue weighted by molar-refractivity contribution is 0.0558. The third kappa shape index (κ3) is 3.98. The SMILES string of the molecule is Cc1ccccc1N1CCN([C@H]2CCCN(C(=O)c3ccccn3)C2)CC1. The second-order valence-corrected chi connectivity index (χ2v) is 7.57. The van der Waals surface area contributed by atoms with Gasteiger partial charge in [-0.15, -0.1) is 0 Å². The van der Waals surface area contributed by atoms with Crippen LogP contribution in [0.25, 0.3) is 0 Å². The predicted octanol–water partition coefficient (Wildman–Crippen LogP) is 2.82. The Bertz CT molecular complexity index is 771. The molecule has 0 aliphatic carbocycles. The number of hydrogen-bond acceptors (Lipinski definition) is 4. The molecule has 0 N–H and O–H groups in total. The van der Waals surface area contributed by atoms with E-state index in [1.54, 1.807) is 6.20 Å². The third-order valence-corrected chi connectivity index (χ3v) is 5.85. The van der Waals surface area contributed by atoms with E-state index in [2.05, 4.69) is 46.0 Å². The highest BCUT2D eigenvalue weighted by Crippen LogP contribution is 2.23. The monoisotopic (exact) mass is 364 g/mol. The van der Waals surface area contributed by atoms with E-state index in [1.165, 1.54) is 17.7 Å². The Hall–Kier alpha value is -2.40. The van der Waals surface area contributed by atoms with E-state index < -0.39 is 0 Å². The maximum atomic E-state index is 12.7. The molecule has 27 heavy (non-hydrogen) atoms. The standard InChI is InChI=1S/C22H28N4O/c1-18-7-2-3-10-21(18)25-15-13-24(14-16-25)19-8-6-12-26(17-19)22(27)20-9-4-5-11-23-20/h2-5,7,9-11,19H,6,8,12-17H2,1H3/t19-/m0/s1. The zero-order valence-electron chi connectivity index (χ0n) is 16.1. The van der Waals surface area contributed by atoms with Crippen LogP contribution in [-0.4, -0.2) is 66.0 Å². The average molecular weight is 364 g/mol. The summed E-state index contributed by atoms with van der Waals surface area (Å²) in [5, 5.41) is 0. The molecule has 0 radical (unpaired) electrons. The van der Waals surface area contributed by atoms with Gasteiger partial charge in [0.2, 0.25) is 0 Å². The van der Waals surface area contributed by atoms with Crippen molar-refractivity contribution in [2.24, 2.45) is 0 Å². The number of pyridine rings is 1. The highest BCUT2D eigenvalue weighted by Gasteiger charge is 2.30. The molecule has 2 aromatic rings. The van der Waals surface area contributed by atoms with Crippen molar-refractivity contribution in [3.05, 3.63) is 59.9 Å². The Morgan fingerprint density at radius 1 is 1.00 bits per heavy atom. The summed E-state index contributed by atoms with van der Waals surface area (Å²) in [4.78, 5) is 24.0. The molecule has 0 spiro atoms. The van der Waals surface area contributed by atoms with Crippen molar-refractivity contribution in [2.45, 2.75) is 25.8 Å². The van der Waals surface area contributed by atoms with Crippen LogP contribution in [-0.2, 0) is 0 Å². The summed E-state index contributed by atoms with van der Waals surface area (Å²) in [6.45, 7) is 8.07. The van der Waals surface area contributed by atoms with E-state index in [4.69, 9.17) is 0 Å². The molecule has 2 fully saturated rings. The first kappa shape index (κ1) is 18.0. The topological polar surface area (TPSA) is 39.7 Å². The molecular weight excluding hydrogens is 336 g/mol. The Kier molecular flexibility index (Phi) is 5.39. The van der Waals surface area contributed by atoms with Crippen LogP contribution in [0.15, 0.2) is 48.7 Å². The fourth-order valence-electron chi connectivity index (χ4n) is 4.33. The van der Waals surface area contributed by atoms with Crippen molar-refractivity contribution in [1.29, 1.82) is 0 Å². The number of benzene rings is 1. The molecule has 2 saturated heterocycles. The number of para-hydroxylation sites is 1. The maximum Gasteiger partial charge on any atom is 0.272 e. The number of carbonyl (C=O) groups is 1. The van der Waals surface area contributed by atoms with E-state index in [-0.39, 0.29) is 5.91 Å². The first-order valence-electron chi connectivity index (χ1n) is 9.97. The second kappa shape index (κ2) is 8.09. The summed E-state index contributed by atoms with van der Waals surface area (Å²) in [7, 11) is 0. The van der Waals surface area contributed by atoms with Gasteiger partial charge in [-0.25, -0.2) is 0 Å². The number of amides is 1. The molecular formula is C22H28N4O. The normalized spacial score (nSPS) is 21.3. The molecule has 2 aliphatic heterocycles. The summed E-state index contributed by atoms with van der Waals surface area (Å²) < 4.78 is 0. The Balaban J connectivity index is 1.36. The molecule has 0 bridgehead atoms. The van der Waals surface area contributed by atoms with Crippen LogP contribution in [0.3, 0.4) is 0 Å². The van der Waals surface area contributed by atoms with Gasteiger partial charge < -0.3 is 9.80 Å². The smallest absolute Gasteiger partial charge is 0.272 e. The van der Waals surface area contributed by atoms with Gasteiger partial charge in [0, 0.05) is 57.2 Å². The average Bonchev–Trinajstić information content (AvgIpc) is 2.74. The fourth-order valence-corrected chi connectivity index (χ4v) is 4.33. The van der Waals surface area contributed by atoms with Gasteiger partial charge in [0.25, 0.3) is 5.91 Å². The highest BCUT2D eigenvalue weighted by atomic mass is 16.2. The van der Waals surface area contributed by atoms with Crippen molar-refractivity contribution >= 4 is 11.6 Å². The van der Waals surface area contributed by atoms with Gasteiger partial charge in [0.05, 0.1) is 0 Å². The molecule has 1 aromatic carbocycles. The minimum Gasteiger partial charge on any atom is -0.369 e. The minimum atomic E-state index is 0.0684. The van der Waals surface area contributed by atoms with Gasteiger partial charge in [0.1, 0.15) is 5.69 Å².